The van der Waals surface area contributed by atoms with Crippen molar-refractivity contribution in [2.24, 2.45) is 10.8 Å². The minimum atomic E-state index is -1.50. The number of hydrogen-bond acceptors (Lipinski definition) is 6. The first-order valence-corrected chi connectivity index (χ1v) is 10.2. The highest BCUT2D eigenvalue weighted by molar-refractivity contribution is 8.15. The molecular formula is C21H21F2N3O2S. The van der Waals surface area contributed by atoms with E-state index in [2.05, 4.69) is 5.10 Å². The van der Waals surface area contributed by atoms with Crippen molar-refractivity contribution in [3.63, 3.8) is 0 Å². The van der Waals surface area contributed by atoms with Gasteiger partial charge in [0.1, 0.15) is 27.2 Å². The summed E-state index contributed by atoms with van der Waals surface area (Å²) < 4.78 is 28.3. The number of carbonyl (C=O) groups is 1. The molecule has 3 N–H and O–H groups in total. The van der Waals surface area contributed by atoms with Crippen LogP contribution >= 0.6 is 11.8 Å². The number of nitrogens with zero attached hydrogens (tertiary/aromatic N) is 2. The standard InChI is InChI=1S/C21H21F2N3O2S/c22-15-7-8-17(23)16(11-15)19-25-26(18-12-20(18,28)13-27)21(29-19,9-4-10-24)14-5-2-1-3-6-14/h1-3,5-8,11,13,18,28H,4,9-10,12,24H2. The summed E-state index contributed by atoms with van der Waals surface area (Å²) in [5, 5.41) is 17.1. The number of hydrogen-bond donors (Lipinski definition) is 2. The monoisotopic (exact) mass is 417 g/mol. The molecule has 8 heteroatoms. The van der Waals surface area contributed by atoms with Crippen LogP contribution in [0.25, 0.3) is 0 Å². The van der Waals surface area contributed by atoms with Crippen molar-refractivity contribution < 1.29 is 18.7 Å². The predicted molar refractivity (Wildman–Crippen MR) is 108 cm³/mol. The third-order valence-corrected chi connectivity index (χ3v) is 6.83. The van der Waals surface area contributed by atoms with E-state index in [9.17, 15) is 18.7 Å². The second-order valence-electron chi connectivity index (χ2n) is 7.35. The molecule has 0 aromatic heterocycles. The van der Waals surface area contributed by atoms with Crippen LogP contribution in [-0.4, -0.2) is 39.6 Å². The Labute approximate surface area is 171 Å². The molecule has 2 aliphatic rings. The van der Waals surface area contributed by atoms with E-state index in [0.717, 1.165) is 23.8 Å². The van der Waals surface area contributed by atoms with Crippen molar-refractivity contribution in [2.75, 3.05) is 6.54 Å². The Kier molecular flexibility index (Phi) is 5.18. The maximum Gasteiger partial charge on any atom is 0.153 e. The molecule has 0 radical (unpaired) electrons. The van der Waals surface area contributed by atoms with Crippen molar-refractivity contribution in [3.8, 4) is 0 Å². The summed E-state index contributed by atoms with van der Waals surface area (Å²) in [6, 6.07) is 12.2. The van der Waals surface area contributed by atoms with E-state index >= 15 is 0 Å². The first kappa shape index (κ1) is 20.0. The van der Waals surface area contributed by atoms with E-state index < -0.39 is 28.1 Å². The molecule has 2 aromatic rings. The number of nitrogens with two attached hydrogens (primary N) is 1. The lowest BCUT2D eigenvalue weighted by atomic mass is 10.00. The van der Waals surface area contributed by atoms with Crippen molar-refractivity contribution in [2.45, 2.75) is 35.8 Å². The maximum absolute atomic E-state index is 14.5. The van der Waals surface area contributed by atoms with Crippen LogP contribution < -0.4 is 5.73 Å². The fourth-order valence-electron chi connectivity index (χ4n) is 3.71. The molecule has 0 spiro atoms. The van der Waals surface area contributed by atoms with Crippen LogP contribution in [0.15, 0.2) is 53.6 Å². The van der Waals surface area contributed by atoms with Gasteiger partial charge < -0.3 is 15.6 Å². The molecule has 0 bridgehead atoms. The van der Waals surface area contributed by atoms with E-state index in [4.69, 9.17) is 5.73 Å². The number of halogens is 2. The third-order valence-electron chi connectivity index (χ3n) is 5.37. The average Bonchev–Trinajstić information content (AvgIpc) is 3.27. The zero-order valence-corrected chi connectivity index (χ0v) is 16.4. The summed E-state index contributed by atoms with van der Waals surface area (Å²) in [6.45, 7) is 0.440. The number of aldehydes is 1. The normalized spacial score (nSPS) is 28.3. The van der Waals surface area contributed by atoms with Crippen molar-refractivity contribution in [3.05, 3.63) is 71.3 Å². The van der Waals surface area contributed by atoms with Crippen molar-refractivity contribution in [1.29, 1.82) is 0 Å². The van der Waals surface area contributed by atoms with Crippen LogP contribution in [0.3, 0.4) is 0 Å². The Morgan fingerprint density at radius 2 is 2.03 bits per heavy atom. The number of aliphatic hydroxyl groups is 1. The highest BCUT2D eigenvalue weighted by Gasteiger charge is 2.63. The van der Waals surface area contributed by atoms with Gasteiger partial charge in [0.25, 0.3) is 0 Å². The van der Waals surface area contributed by atoms with Gasteiger partial charge in [0.2, 0.25) is 0 Å². The number of rotatable bonds is 7. The maximum atomic E-state index is 14.5. The molecule has 152 valence electrons. The Morgan fingerprint density at radius 3 is 2.69 bits per heavy atom. The Hall–Kier alpha value is -2.29. The lowest BCUT2D eigenvalue weighted by Crippen LogP contribution is -2.42. The van der Waals surface area contributed by atoms with Gasteiger partial charge in [0.05, 0.1) is 6.04 Å². The molecule has 1 fully saturated rings. The van der Waals surface area contributed by atoms with Crippen LogP contribution in [-0.2, 0) is 9.67 Å². The van der Waals surface area contributed by atoms with Crippen LogP contribution in [0.1, 0.15) is 30.4 Å². The Bertz CT molecular complexity index is 958. The van der Waals surface area contributed by atoms with Gasteiger partial charge in [0.15, 0.2) is 6.29 Å². The van der Waals surface area contributed by atoms with Crippen LogP contribution in [0, 0.1) is 11.6 Å². The molecule has 5 nitrogen and oxygen atoms in total. The smallest absolute Gasteiger partial charge is 0.153 e. The molecule has 29 heavy (non-hydrogen) atoms. The van der Waals surface area contributed by atoms with Crippen LogP contribution in [0.4, 0.5) is 8.78 Å². The van der Waals surface area contributed by atoms with Gasteiger partial charge in [0, 0.05) is 12.0 Å². The second kappa shape index (κ2) is 7.51. The molecule has 1 heterocycles. The fourth-order valence-corrected chi connectivity index (χ4v) is 5.19. The number of hydrazone groups is 1. The number of carbonyl (C=O) groups excluding carboxylic acids is 1. The van der Waals surface area contributed by atoms with E-state index in [1.807, 2.05) is 30.3 Å². The van der Waals surface area contributed by atoms with E-state index in [-0.39, 0.29) is 12.0 Å². The topological polar surface area (TPSA) is 78.9 Å². The molecular weight excluding hydrogens is 396 g/mol. The molecule has 1 aliphatic heterocycles. The number of benzene rings is 2. The second-order valence-corrected chi connectivity index (χ2v) is 8.61. The molecule has 4 rings (SSSR count). The zero-order chi connectivity index (χ0) is 20.6. The van der Waals surface area contributed by atoms with Gasteiger partial charge in [-0.3, -0.25) is 5.01 Å². The van der Waals surface area contributed by atoms with E-state index in [0.29, 0.717) is 30.7 Å². The predicted octanol–water partition coefficient (Wildman–Crippen LogP) is 2.97. The summed E-state index contributed by atoms with van der Waals surface area (Å²) in [7, 11) is 0. The summed E-state index contributed by atoms with van der Waals surface area (Å²) in [6.07, 6.45) is 1.97. The minimum Gasteiger partial charge on any atom is -0.380 e. The van der Waals surface area contributed by atoms with Gasteiger partial charge in [-0.25, -0.2) is 8.78 Å². The summed E-state index contributed by atoms with van der Waals surface area (Å²) in [5.74, 6) is -1.15. The Morgan fingerprint density at radius 1 is 1.28 bits per heavy atom. The summed E-state index contributed by atoms with van der Waals surface area (Å²) in [4.78, 5) is 10.6. The molecule has 1 aliphatic carbocycles. The highest BCUT2D eigenvalue weighted by atomic mass is 32.2. The minimum absolute atomic E-state index is 0.0563. The molecule has 0 amide bonds. The summed E-state index contributed by atoms with van der Waals surface area (Å²) >= 11 is 1.30. The average molecular weight is 417 g/mol. The van der Waals surface area contributed by atoms with Crippen LogP contribution in [0.5, 0.6) is 0 Å². The van der Waals surface area contributed by atoms with E-state index in [1.165, 1.54) is 11.8 Å². The van der Waals surface area contributed by atoms with Crippen LogP contribution in [0.2, 0.25) is 0 Å². The lowest BCUT2D eigenvalue weighted by Gasteiger charge is -2.38. The van der Waals surface area contributed by atoms with E-state index in [1.54, 1.807) is 5.01 Å². The largest absolute Gasteiger partial charge is 0.380 e. The quantitative estimate of drug-likeness (QED) is 0.678. The molecule has 2 aromatic carbocycles. The lowest BCUT2D eigenvalue weighted by molar-refractivity contribution is -0.118. The van der Waals surface area contributed by atoms with Gasteiger partial charge in [-0.2, -0.15) is 5.10 Å². The molecule has 3 unspecified atom stereocenters. The number of thioether (sulfide) groups is 1. The van der Waals surface area contributed by atoms with Crippen molar-refractivity contribution >= 4 is 23.1 Å². The van der Waals surface area contributed by atoms with Gasteiger partial charge in [-0.15, -0.1) is 0 Å². The molecule has 1 saturated carbocycles. The van der Waals surface area contributed by atoms with Crippen molar-refractivity contribution in [1.82, 2.24) is 5.01 Å². The Balaban J connectivity index is 1.83. The first-order chi connectivity index (χ1) is 13.9. The highest BCUT2D eigenvalue weighted by Crippen LogP contribution is 2.56. The zero-order valence-electron chi connectivity index (χ0n) is 15.6. The first-order valence-electron chi connectivity index (χ1n) is 9.40. The van der Waals surface area contributed by atoms with Gasteiger partial charge >= 0.3 is 0 Å². The fraction of sp³-hybridized carbons (Fsp3) is 0.333. The third kappa shape index (κ3) is 3.45. The molecule has 0 saturated heterocycles. The summed E-state index contributed by atoms with van der Waals surface area (Å²) in [5.41, 5.74) is 5.23. The van der Waals surface area contributed by atoms with Gasteiger partial charge in [-0.05, 0) is 43.1 Å². The SMILES string of the molecule is NCCCC1(c2ccccc2)SC(c2cc(F)ccc2F)=NN1C1CC1(O)C=O. The molecule has 3 atom stereocenters. The van der Waals surface area contributed by atoms with Gasteiger partial charge in [-0.1, -0.05) is 42.1 Å².